The SMILES string of the molecule is COc1ccc(S(N)(=O)=O)cc1NC(=O)CCCCO. The van der Waals surface area contributed by atoms with Gasteiger partial charge in [0.2, 0.25) is 15.9 Å². The molecule has 0 saturated heterocycles. The predicted molar refractivity (Wildman–Crippen MR) is 73.9 cm³/mol. The van der Waals surface area contributed by atoms with Crippen molar-refractivity contribution in [2.45, 2.75) is 24.2 Å². The Hall–Kier alpha value is -1.64. The van der Waals surface area contributed by atoms with Gasteiger partial charge in [-0.15, -0.1) is 0 Å². The number of sulfonamides is 1. The zero-order valence-corrected chi connectivity index (χ0v) is 11.9. The zero-order chi connectivity index (χ0) is 15.2. The zero-order valence-electron chi connectivity index (χ0n) is 11.1. The van der Waals surface area contributed by atoms with Crippen LogP contribution in [0.25, 0.3) is 0 Å². The van der Waals surface area contributed by atoms with Gasteiger partial charge in [0.25, 0.3) is 0 Å². The molecule has 0 heterocycles. The third kappa shape index (κ3) is 4.80. The van der Waals surface area contributed by atoms with Gasteiger partial charge in [0.15, 0.2) is 0 Å². The number of benzene rings is 1. The van der Waals surface area contributed by atoms with Crippen molar-refractivity contribution < 1.29 is 23.1 Å². The minimum atomic E-state index is -3.85. The molecule has 1 amide bonds. The third-order valence-electron chi connectivity index (χ3n) is 2.59. The summed E-state index contributed by atoms with van der Waals surface area (Å²) in [6.45, 7) is 0.0253. The first-order valence-corrected chi connectivity index (χ1v) is 7.54. The van der Waals surface area contributed by atoms with E-state index in [-0.39, 0.29) is 29.5 Å². The summed E-state index contributed by atoms with van der Waals surface area (Å²) in [7, 11) is -2.44. The highest BCUT2D eigenvalue weighted by atomic mass is 32.2. The lowest BCUT2D eigenvalue weighted by Gasteiger charge is -2.11. The number of unbranched alkanes of at least 4 members (excludes halogenated alkanes) is 1. The maximum atomic E-state index is 11.7. The van der Waals surface area contributed by atoms with E-state index in [1.54, 1.807) is 0 Å². The summed E-state index contributed by atoms with van der Waals surface area (Å²) < 4.78 is 27.6. The van der Waals surface area contributed by atoms with Crippen molar-refractivity contribution >= 4 is 21.6 Å². The van der Waals surface area contributed by atoms with Gasteiger partial charge in [0, 0.05) is 13.0 Å². The van der Waals surface area contributed by atoms with E-state index in [1.807, 2.05) is 0 Å². The molecule has 0 unspecified atom stereocenters. The molecule has 0 aliphatic rings. The van der Waals surface area contributed by atoms with Crippen LogP contribution in [0.5, 0.6) is 5.75 Å². The number of aliphatic hydroxyl groups is 1. The fraction of sp³-hybridized carbons (Fsp3) is 0.417. The summed E-state index contributed by atoms with van der Waals surface area (Å²) in [5.74, 6) is 0.0521. The monoisotopic (exact) mass is 302 g/mol. The number of ether oxygens (including phenoxy) is 1. The summed E-state index contributed by atoms with van der Waals surface area (Å²) >= 11 is 0. The van der Waals surface area contributed by atoms with Crippen molar-refractivity contribution in [2.24, 2.45) is 5.14 Å². The fourth-order valence-electron chi connectivity index (χ4n) is 1.57. The Balaban J connectivity index is 2.89. The van der Waals surface area contributed by atoms with Gasteiger partial charge >= 0.3 is 0 Å². The number of anilines is 1. The minimum absolute atomic E-state index is 0.0253. The van der Waals surface area contributed by atoms with Crippen LogP contribution in [0.4, 0.5) is 5.69 Å². The van der Waals surface area contributed by atoms with Crippen molar-refractivity contribution in [1.29, 1.82) is 0 Å². The normalized spacial score (nSPS) is 11.2. The van der Waals surface area contributed by atoms with Crippen LogP contribution in [0.1, 0.15) is 19.3 Å². The Kier molecular flexibility index (Phi) is 5.93. The van der Waals surface area contributed by atoms with E-state index in [9.17, 15) is 13.2 Å². The highest BCUT2D eigenvalue weighted by molar-refractivity contribution is 7.89. The number of carbonyl (C=O) groups excluding carboxylic acids is 1. The van der Waals surface area contributed by atoms with Crippen molar-refractivity contribution in [3.8, 4) is 5.75 Å². The molecule has 0 bridgehead atoms. The summed E-state index contributed by atoms with van der Waals surface area (Å²) in [6, 6.07) is 3.97. The van der Waals surface area contributed by atoms with Gasteiger partial charge < -0.3 is 15.2 Å². The molecule has 0 spiro atoms. The van der Waals surface area contributed by atoms with Crippen molar-refractivity contribution in [2.75, 3.05) is 19.0 Å². The highest BCUT2D eigenvalue weighted by Gasteiger charge is 2.13. The molecule has 0 saturated carbocycles. The summed E-state index contributed by atoms with van der Waals surface area (Å²) in [5, 5.41) is 16.2. The van der Waals surface area contributed by atoms with E-state index < -0.39 is 10.0 Å². The van der Waals surface area contributed by atoms with Crippen molar-refractivity contribution in [3.63, 3.8) is 0 Å². The lowest BCUT2D eigenvalue weighted by atomic mass is 10.2. The topological polar surface area (TPSA) is 119 Å². The van der Waals surface area contributed by atoms with Gasteiger partial charge in [-0.2, -0.15) is 0 Å². The molecule has 0 aromatic heterocycles. The Morgan fingerprint density at radius 3 is 2.65 bits per heavy atom. The van der Waals surface area contributed by atoms with Gasteiger partial charge in [0.1, 0.15) is 5.75 Å². The number of nitrogens with one attached hydrogen (secondary N) is 1. The number of methoxy groups -OCH3 is 1. The second kappa shape index (κ2) is 7.22. The Morgan fingerprint density at radius 1 is 1.40 bits per heavy atom. The van der Waals surface area contributed by atoms with Crippen molar-refractivity contribution in [3.05, 3.63) is 18.2 Å². The minimum Gasteiger partial charge on any atom is -0.495 e. The molecule has 0 atom stereocenters. The fourth-order valence-corrected chi connectivity index (χ4v) is 2.11. The molecular weight excluding hydrogens is 284 g/mol. The molecule has 1 aromatic carbocycles. The number of amides is 1. The average Bonchev–Trinajstić information content (AvgIpc) is 2.38. The number of carbonyl (C=O) groups is 1. The van der Waals surface area contributed by atoms with E-state index >= 15 is 0 Å². The Bertz CT molecular complexity index is 571. The number of hydrogen-bond acceptors (Lipinski definition) is 5. The molecule has 112 valence electrons. The number of nitrogens with two attached hydrogens (primary N) is 1. The van der Waals surface area contributed by atoms with Gasteiger partial charge in [-0.25, -0.2) is 13.6 Å². The van der Waals surface area contributed by atoms with Crippen LogP contribution in [-0.4, -0.2) is 33.1 Å². The number of hydrogen-bond donors (Lipinski definition) is 3. The summed E-state index contributed by atoms with van der Waals surface area (Å²) in [5.41, 5.74) is 0.244. The Labute approximate surface area is 117 Å². The average molecular weight is 302 g/mol. The van der Waals surface area contributed by atoms with Gasteiger partial charge in [-0.3, -0.25) is 4.79 Å². The molecular formula is C12H18N2O5S. The van der Waals surface area contributed by atoms with Gasteiger partial charge in [-0.1, -0.05) is 0 Å². The van der Waals surface area contributed by atoms with E-state index in [0.29, 0.717) is 18.6 Å². The number of rotatable bonds is 7. The molecule has 7 nitrogen and oxygen atoms in total. The van der Waals surface area contributed by atoms with E-state index in [0.717, 1.165) is 0 Å². The van der Waals surface area contributed by atoms with Crippen molar-refractivity contribution in [1.82, 2.24) is 0 Å². The molecule has 20 heavy (non-hydrogen) atoms. The van der Waals surface area contributed by atoms with Crippen LogP contribution < -0.4 is 15.2 Å². The quantitative estimate of drug-likeness (QED) is 0.632. The largest absolute Gasteiger partial charge is 0.495 e. The molecule has 4 N–H and O–H groups in total. The lowest BCUT2D eigenvalue weighted by Crippen LogP contribution is -2.15. The maximum absolute atomic E-state index is 11.7. The standard InChI is InChI=1S/C12H18N2O5S/c1-19-11-6-5-9(20(13,17)18)8-10(11)14-12(16)4-2-3-7-15/h5-6,8,15H,2-4,7H2,1H3,(H,14,16)(H2,13,17,18). The molecule has 0 fully saturated rings. The van der Waals surface area contributed by atoms with E-state index in [1.165, 1.54) is 25.3 Å². The van der Waals surface area contributed by atoms with E-state index in [2.05, 4.69) is 5.32 Å². The third-order valence-corrected chi connectivity index (χ3v) is 3.50. The maximum Gasteiger partial charge on any atom is 0.238 e. The Morgan fingerprint density at radius 2 is 2.10 bits per heavy atom. The van der Waals surface area contributed by atoms with Gasteiger partial charge in [-0.05, 0) is 31.0 Å². The second-order valence-corrected chi connectivity index (χ2v) is 5.70. The van der Waals surface area contributed by atoms with Gasteiger partial charge in [0.05, 0.1) is 17.7 Å². The summed E-state index contributed by atoms with van der Waals surface area (Å²) in [4.78, 5) is 11.6. The highest BCUT2D eigenvalue weighted by Crippen LogP contribution is 2.27. The molecule has 1 aromatic rings. The van der Waals surface area contributed by atoms with Crippen LogP contribution in [0.2, 0.25) is 0 Å². The summed E-state index contributed by atoms with van der Waals surface area (Å²) in [6.07, 6.45) is 1.30. The first-order valence-electron chi connectivity index (χ1n) is 6.00. The van der Waals surface area contributed by atoms with Crippen LogP contribution in [-0.2, 0) is 14.8 Å². The van der Waals surface area contributed by atoms with Crippen LogP contribution in [0, 0.1) is 0 Å². The first kappa shape index (κ1) is 16.4. The molecule has 0 aliphatic carbocycles. The van der Waals surface area contributed by atoms with Crippen LogP contribution in [0.3, 0.4) is 0 Å². The predicted octanol–water partition coefficient (Wildman–Crippen LogP) is 0.444. The molecule has 8 heteroatoms. The number of aliphatic hydroxyl groups excluding tert-OH is 1. The molecule has 0 aliphatic heterocycles. The first-order chi connectivity index (χ1) is 9.38. The van der Waals surface area contributed by atoms with E-state index in [4.69, 9.17) is 15.0 Å². The number of primary sulfonamides is 1. The lowest BCUT2D eigenvalue weighted by molar-refractivity contribution is -0.116. The molecule has 0 radical (unpaired) electrons. The van der Waals surface area contributed by atoms with Crippen LogP contribution in [0.15, 0.2) is 23.1 Å². The molecule has 1 rings (SSSR count). The smallest absolute Gasteiger partial charge is 0.238 e. The van der Waals surface area contributed by atoms with Crippen LogP contribution >= 0.6 is 0 Å². The second-order valence-electron chi connectivity index (χ2n) is 4.14.